The van der Waals surface area contributed by atoms with Gasteiger partial charge in [0.1, 0.15) is 6.54 Å². The summed E-state index contributed by atoms with van der Waals surface area (Å²) in [5.41, 5.74) is 0.517. The molecule has 0 radical (unpaired) electrons. The first-order valence-electron chi connectivity index (χ1n) is 6.96. The second kappa shape index (κ2) is 8.24. The molecule has 25 heavy (non-hydrogen) atoms. The molecule has 1 aliphatic rings. The average molecular weight is 495 g/mol. The van der Waals surface area contributed by atoms with Crippen LogP contribution in [0.3, 0.4) is 0 Å². The molecule has 0 bridgehead atoms. The van der Waals surface area contributed by atoms with Gasteiger partial charge in [-0.05, 0) is 68.3 Å². The van der Waals surface area contributed by atoms with Gasteiger partial charge in [0.05, 0.1) is 23.1 Å². The molecule has 2 amide bonds. The summed E-state index contributed by atoms with van der Waals surface area (Å²) in [6.45, 7) is 1.37. The van der Waals surface area contributed by atoms with Gasteiger partial charge >= 0.3 is 5.97 Å². The van der Waals surface area contributed by atoms with E-state index in [0.717, 1.165) is 16.7 Å². The zero-order valence-electron chi connectivity index (χ0n) is 13.2. The van der Waals surface area contributed by atoms with Crippen molar-refractivity contribution < 1.29 is 29.0 Å². The Hall–Kier alpha value is -1.52. The van der Waals surface area contributed by atoms with Gasteiger partial charge in [0, 0.05) is 4.47 Å². The van der Waals surface area contributed by atoms with Gasteiger partial charge in [-0.15, -0.1) is 0 Å². The molecule has 1 heterocycles. The minimum absolute atomic E-state index is 0.0954. The van der Waals surface area contributed by atoms with Crippen molar-refractivity contribution in [1.29, 1.82) is 0 Å². The number of phenols is 1. The maximum atomic E-state index is 12.4. The molecule has 1 aromatic carbocycles. The van der Waals surface area contributed by atoms with E-state index >= 15 is 0 Å². The van der Waals surface area contributed by atoms with Crippen LogP contribution in [0.1, 0.15) is 12.5 Å². The molecule has 0 unspecified atom stereocenters. The van der Waals surface area contributed by atoms with E-state index < -0.39 is 23.7 Å². The van der Waals surface area contributed by atoms with E-state index in [0.29, 0.717) is 14.5 Å². The van der Waals surface area contributed by atoms with Crippen LogP contribution in [0.4, 0.5) is 4.79 Å². The summed E-state index contributed by atoms with van der Waals surface area (Å²) in [4.78, 5) is 36.9. The van der Waals surface area contributed by atoms with E-state index in [-0.39, 0.29) is 23.0 Å². The molecular weight excluding hydrogens is 482 g/mol. The maximum absolute atomic E-state index is 12.4. The smallest absolute Gasteiger partial charge is 0.326 e. The van der Waals surface area contributed by atoms with E-state index in [4.69, 9.17) is 9.47 Å². The summed E-state index contributed by atoms with van der Waals surface area (Å²) < 4.78 is 10.7. The van der Waals surface area contributed by atoms with Gasteiger partial charge in [0.25, 0.3) is 11.1 Å². The molecule has 1 saturated heterocycles. The van der Waals surface area contributed by atoms with Gasteiger partial charge in [0.15, 0.2) is 11.5 Å². The zero-order chi connectivity index (χ0) is 18.7. The minimum Gasteiger partial charge on any atom is -0.503 e. The monoisotopic (exact) mass is 493 g/mol. The number of halogens is 2. The molecule has 1 N–H and O–H groups in total. The van der Waals surface area contributed by atoms with Crippen LogP contribution in [0, 0.1) is 0 Å². The highest BCUT2D eigenvalue weighted by Gasteiger charge is 2.36. The van der Waals surface area contributed by atoms with E-state index in [1.54, 1.807) is 6.92 Å². The van der Waals surface area contributed by atoms with E-state index in [9.17, 15) is 19.5 Å². The largest absolute Gasteiger partial charge is 0.503 e. The Morgan fingerprint density at radius 2 is 2.04 bits per heavy atom. The molecule has 0 aromatic heterocycles. The second-order valence-corrected chi connectivity index (χ2v) is 7.30. The average Bonchev–Trinajstić information content (AvgIpc) is 2.83. The van der Waals surface area contributed by atoms with Crippen molar-refractivity contribution in [3.63, 3.8) is 0 Å². The van der Waals surface area contributed by atoms with Gasteiger partial charge in [-0.3, -0.25) is 19.3 Å². The van der Waals surface area contributed by atoms with Crippen LogP contribution in [0.2, 0.25) is 0 Å². The fraction of sp³-hybridized carbons (Fsp3) is 0.267. The van der Waals surface area contributed by atoms with Crippen molar-refractivity contribution in [3.05, 3.63) is 25.5 Å². The Bertz CT molecular complexity index is 780. The van der Waals surface area contributed by atoms with Crippen LogP contribution in [0.15, 0.2) is 19.9 Å². The number of carbonyl (C=O) groups is 3. The molecule has 2 rings (SSSR count). The van der Waals surface area contributed by atoms with Crippen molar-refractivity contribution in [1.82, 2.24) is 4.90 Å². The van der Waals surface area contributed by atoms with E-state index in [2.05, 4.69) is 31.9 Å². The number of hydrogen-bond acceptors (Lipinski definition) is 7. The van der Waals surface area contributed by atoms with Crippen molar-refractivity contribution in [2.45, 2.75) is 6.92 Å². The number of benzene rings is 1. The summed E-state index contributed by atoms with van der Waals surface area (Å²) in [5.74, 6) is -1.13. The summed E-state index contributed by atoms with van der Waals surface area (Å²) in [6.07, 6.45) is 1.48. The Morgan fingerprint density at radius 1 is 1.36 bits per heavy atom. The number of nitrogens with zero attached hydrogens (tertiary/aromatic N) is 1. The Kier molecular flexibility index (Phi) is 6.53. The van der Waals surface area contributed by atoms with Crippen molar-refractivity contribution in [3.8, 4) is 11.5 Å². The lowest BCUT2D eigenvalue weighted by Crippen LogP contribution is -2.34. The minimum atomic E-state index is -0.652. The van der Waals surface area contributed by atoms with Crippen LogP contribution < -0.4 is 4.74 Å². The van der Waals surface area contributed by atoms with Crippen LogP contribution >= 0.6 is 43.6 Å². The first-order valence-corrected chi connectivity index (χ1v) is 9.36. The molecule has 0 spiro atoms. The molecule has 10 heteroatoms. The Morgan fingerprint density at radius 3 is 2.64 bits per heavy atom. The predicted molar refractivity (Wildman–Crippen MR) is 99.4 cm³/mol. The van der Waals surface area contributed by atoms with Crippen molar-refractivity contribution in [2.24, 2.45) is 0 Å². The van der Waals surface area contributed by atoms with Crippen molar-refractivity contribution >= 4 is 66.8 Å². The first kappa shape index (κ1) is 19.8. The van der Waals surface area contributed by atoms with Crippen LogP contribution in [-0.2, 0) is 14.3 Å². The number of esters is 1. The lowest BCUT2D eigenvalue weighted by atomic mass is 10.2. The van der Waals surface area contributed by atoms with Gasteiger partial charge in [0.2, 0.25) is 0 Å². The molecular formula is C15H13Br2NO6S. The van der Waals surface area contributed by atoms with Crippen molar-refractivity contribution in [2.75, 3.05) is 20.3 Å². The SMILES string of the molecule is CCOC(=O)CN1C(=O)S/C(=C/c2cc(OC)c(O)c(Br)c2Br)C1=O. The predicted octanol–water partition coefficient (Wildman–Crippen LogP) is 3.53. The molecule has 0 atom stereocenters. The lowest BCUT2D eigenvalue weighted by Gasteiger charge is -2.11. The normalized spacial score (nSPS) is 15.8. The second-order valence-electron chi connectivity index (χ2n) is 4.72. The molecule has 134 valence electrons. The molecule has 0 saturated carbocycles. The number of imide groups is 1. The first-order chi connectivity index (χ1) is 11.8. The van der Waals surface area contributed by atoms with E-state index in [1.165, 1.54) is 19.3 Å². The lowest BCUT2D eigenvalue weighted by molar-refractivity contribution is -0.145. The molecule has 7 nitrogen and oxygen atoms in total. The summed E-state index contributed by atoms with van der Waals surface area (Å²) in [6, 6.07) is 1.52. The highest BCUT2D eigenvalue weighted by molar-refractivity contribution is 9.13. The Labute approximate surface area is 164 Å². The summed E-state index contributed by atoms with van der Waals surface area (Å²) in [7, 11) is 1.40. The zero-order valence-corrected chi connectivity index (χ0v) is 17.2. The summed E-state index contributed by atoms with van der Waals surface area (Å²) in [5, 5.41) is 9.39. The number of rotatable bonds is 5. The third-order valence-electron chi connectivity index (χ3n) is 3.15. The number of hydrogen-bond donors (Lipinski definition) is 1. The number of amides is 2. The van der Waals surface area contributed by atoms with Gasteiger partial charge in [-0.1, -0.05) is 0 Å². The maximum Gasteiger partial charge on any atom is 0.326 e. The number of phenolic OH excluding ortho intramolecular Hbond substituents is 1. The van der Waals surface area contributed by atoms with Crippen LogP contribution in [0.5, 0.6) is 11.5 Å². The topological polar surface area (TPSA) is 93.1 Å². The molecule has 1 aromatic rings. The standard InChI is InChI=1S/C15H13Br2NO6S/c1-3-24-10(19)6-18-14(21)9(25-15(18)22)5-7-4-8(23-2)13(20)12(17)11(7)16/h4-5,20H,3,6H2,1-2H3/b9-5+. The number of carbonyl (C=O) groups excluding carboxylic acids is 3. The highest BCUT2D eigenvalue weighted by Crippen LogP contribution is 2.43. The van der Waals surface area contributed by atoms with Crippen LogP contribution in [-0.4, -0.2) is 47.4 Å². The Balaban J connectivity index is 2.34. The van der Waals surface area contributed by atoms with Crippen LogP contribution in [0.25, 0.3) is 6.08 Å². The molecule has 1 fully saturated rings. The quantitative estimate of drug-likeness (QED) is 0.494. The van der Waals surface area contributed by atoms with Gasteiger partial charge in [-0.25, -0.2) is 0 Å². The van der Waals surface area contributed by atoms with Gasteiger partial charge in [-0.2, -0.15) is 0 Å². The third kappa shape index (κ3) is 4.18. The fourth-order valence-corrected chi connectivity index (χ4v) is 3.66. The number of methoxy groups -OCH3 is 1. The van der Waals surface area contributed by atoms with Gasteiger partial charge < -0.3 is 14.6 Å². The number of aromatic hydroxyl groups is 1. The molecule has 0 aliphatic carbocycles. The highest BCUT2D eigenvalue weighted by atomic mass is 79.9. The molecule has 1 aliphatic heterocycles. The fourth-order valence-electron chi connectivity index (χ4n) is 1.99. The number of thioether (sulfide) groups is 1. The third-order valence-corrected chi connectivity index (χ3v) is 6.21. The summed E-state index contributed by atoms with van der Waals surface area (Å²) >= 11 is 7.26. The van der Waals surface area contributed by atoms with E-state index in [1.807, 2.05) is 0 Å². The number of ether oxygens (including phenoxy) is 2.